The normalized spacial score (nSPS) is 10.6. The average Bonchev–Trinajstić information content (AvgIpc) is 2.86. The van der Waals surface area contributed by atoms with Crippen LogP contribution in [0.15, 0.2) is 30.5 Å². The largest absolute Gasteiger partial charge is 0.497 e. The van der Waals surface area contributed by atoms with E-state index in [2.05, 4.69) is 23.5 Å². The van der Waals surface area contributed by atoms with Crippen molar-refractivity contribution in [2.75, 3.05) is 20.3 Å². The number of nitrogens with one attached hydrogen (secondary N) is 1. The highest BCUT2D eigenvalue weighted by atomic mass is 16.5. The summed E-state index contributed by atoms with van der Waals surface area (Å²) >= 11 is 0. The maximum atomic E-state index is 5.71. The Hall–Kier alpha value is -2.01. The highest BCUT2D eigenvalue weighted by molar-refractivity contribution is 5.31. The fraction of sp³-hybridized carbons (Fsp3) is 0.438. The lowest BCUT2D eigenvalue weighted by Crippen LogP contribution is -2.12. The van der Waals surface area contributed by atoms with E-state index in [1.165, 1.54) is 5.56 Å². The highest BCUT2D eigenvalue weighted by Crippen LogP contribution is 2.17. The van der Waals surface area contributed by atoms with E-state index in [9.17, 15) is 0 Å². The van der Waals surface area contributed by atoms with Gasteiger partial charge in [0.1, 0.15) is 18.1 Å². The molecule has 0 bridgehead atoms. The third kappa shape index (κ3) is 4.49. The van der Waals surface area contributed by atoms with Crippen LogP contribution in [0.1, 0.15) is 18.2 Å². The standard InChI is InChI=1S/C16H23N3O2/c1-4-17-11-14-12-19(18-13(14)2)9-10-21-16-7-5-15(20-3)6-8-16/h5-8,12,17H,4,9-11H2,1-3H3. The summed E-state index contributed by atoms with van der Waals surface area (Å²) in [7, 11) is 1.65. The van der Waals surface area contributed by atoms with Crippen molar-refractivity contribution in [3.05, 3.63) is 41.7 Å². The smallest absolute Gasteiger partial charge is 0.119 e. The molecule has 1 aromatic heterocycles. The summed E-state index contributed by atoms with van der Waals surface area (Å²) in [4.78, 5) is 0. The van der Waals surface area contributed by atoms with Gasteiger partial charge in [0.2, 0.25) is 0 Å². The maximum absolute atomic E-state index is 5.71. The summed E-state index contributed by atoms with van der Waals surface area (Å²) in [5, 5.41) is 7.81. The molecule has 0 fully saturated rings. The first-order chi connectivity index (χ1) is 10.2. The van der Waals surface area contributed by atoms with Crippen molar-refractivity contribution in [1.29, 1.82) is 0 Å². The Morgan fingerprint density at radius 3 is 2.57 bits per heavy atom. The summed E-state index contributed by atoms with van der Waals surface area (Å²) in [5.74, 6) is 1.67. The van der Waals surface area contributed by atoms with Crippen LogP contribution in [0.25, 0.3) is 0 Å². The van der Waals surface area contributed by atoms with E-state index < -0.39 is 0 Å². The quantitative estimate of drug-likeness (QED) is 0.810. The van der Waals surface area contributed by atoms with Gasteiger partial charge in [-0.3, -0.25) is 4.68 Å². The van der Waals surface area contributed by atoms with Gasteiger partial charge in [0, 0.05) is 18.3 Å². The van der Waals surface area contributed by atoms with Crippen molar-refractivity contribution in [2.24, 2.45) is 0 Å². The first kappa shape index (κ1) is 15.4. The Morgan fingerprint density at radius 1 is 1.19 bits per heavy atom. The van der Waals surface area contributed by atoms with E-state index in [1.54, 1.807) is 7.11 Å². The second-order valence-electron chi connectivity index (χ2n) is 4.81. The molecule has 0 radical (unpaired) electrons. The van der Waals surface area contributed by atoms with Gasteiger partial charge < -0.3 is 14.8 Å². The van der Waals surface area contributed by atoms with E-state index in [4.69, 9.17) is 9.47 Å². The van der Waals surface area contributed by atoms with Crippen molar-refractivity contribution in [3.8, 4) is 11.5 Å². The zero-order valence-corrected chi connectivity index (χ0v) is 12.9. The molecule has 1 aromatic carbocycles. The molecule has 0 amide bonds. The van der Waals surface area contributed by atoms with Crippen LogP contribution in [-0.4, -0.2) is 30.0 Å². The minimum Gasteiger partial charge on any atom is -0.497 e. The van der Waals surface area contributed by atoms with Gasteiger partial charge in [0.05, 0.1) is 19.3 Å². The number of benzene rings is 1. The van der Waals surface area contributed by atoms with Gasteiger partial charge in [-0.25, -0.2) is 0 Å². The molecule has 0 aliphatic carbocycles. The molecule has 114 valence electrons. The Kier molecular flexibility index (Phi) is 5.63. The molecule has 2 rings (SSSR count). The van der Waals surface area contributed by atoms with Crippen LogP contribution in [0.3, 0.4) is 0 Å². The summed E-state index contributed by atoms with van der Waals surface area (Å²) in [5.41, 5.74) is 2.31. The molecule has 5 heteroatoms. The fourth-order valence-corrected chi connectivity index (χ4v) is 2.04. The minimum atomic E-state index is 0.591. The van der Waals surface area contributed by atoms with Crippen LogP contribution in [0.2, 0.25) is 0 Å². The first-order valence-electron chi connectivity index (χ1n) is 7.23. The zero-order valence-electron chi connectivity index (χ0n) is 12.9. The van der Waals surface area contributed by atoms with Crippen LogP contribution < -0.4 is 14.8 Å². The van der Waals surface area contributed by atoms with Crippen molar-refractivity contribution in [1.82, 2.24) is 15.1 Å². The molecule has 0 aliphatic rings. The third-order valence-corrected chi connectivity index (χ3v) is 3.26. The summed E-state index contributed by atoms with van der Waals surface area (Å²) in [6.07, 6.45) is 2.08. The van der Waals surface area contributed by atoms with Gasteiger partial charge >= 0.3 is 0 Å². The number of aromatic nitrogens is 2. The van der Waals surface area contributed by atoms with Gasteiger partial charge in [0.25, 0.3) is 0 Å². The molecule has 0 atom stereocenters. The van der Waals surface area contributed by atoms with Crippen LogP contribution in [0, 0.1) is 6.92 Å². The predicted molar refractivity (Wildman–Crippen MR) is 82.8 cm³/mol. The average molecular weight is 289 g/mol. The van der Waals surface area contributed by atoms with Crippen molar-refractivity contribution in [2.45, 2.75) is 26.9 Å². The minimum absolute atomic E-state index is 0.591. The number of aryl methyl sites for hydroxylation is 1. The van der Waals surface area contributed by atoms with Crippen LogP contribution in [0.4, 0.5) is 0 Å². The SMILES string of the molecule is CCNCc1cn(CCOc2ccc(OC)cc2)nc1C. The van der Waals surface area contributed by atoms with Crippen molar-refractivity contribution in [3.63, 3.8) is 0 Å². The summed E-state index contributed by atoms with van der Waals surface area (Å²) in [6.45, 7) is 7.29. The Morgan fingerprint density at radius 2 is 1.90 bits per heavy atom. The molecule has 21 heavy (non-hydrogen) atoms. The maximum Gasteiger partial charge on any atom is 0.119 e. The number of rotatable bonds is 8. The lowest BCUT2D eigenvalue weighted by atomic mass is 10.2. The Labute approximate surface area is 125 Å². The van der Waals surface area contributed by atoms with Crippen LogP contribution >= 0.6 is 0 Å². The van der Waals surface area contributed by atoms with Crippen molar-refractivity contribution >= 4 is 0 Å². The van der Waals surface area contributed by atoms with Crippen molar-refractivity contribution < 1.29 is 9.47 Å². The molecule has 0 saturated heterocycles. The lowest BCUT2D eigenvalue weighted by molar-refractivity contribution is 0.290. The van der Waals surface area contributed by atoms with Gasteiger partial charge in [-0.05, 0) is 37.7 Å². The monoisotopic (exact) mass is 289 g/mol. The molecule has 5 nitrogen and oxygen atoms in total. The fourth-order valence-electron chi connectivity index (χ4n) is 2.04. The first-order valence-corrected chi connectivity index (χ1v) is 7.23. The molecule has 1 heterocycles. The molecule has 1 N–H and O–H groups in total. The van der Waals surface area contributed by atoms with Gasteiger partial charge in [-0.1, -0.05) is 6.92 Å². The van der Waals surface area contributed by atoms with Gasteiger partial charge in [-0.2, -0.15) is 5.10 Å². The summed E-state index contributed by atoms with van der Waals surface area (Å²) < 4.78 is 12.8. The molecule has 0 saturated carbocycles. The van der Waals surface area contributed by atoms with E-state index in [-0.39, 0.29) is 0 Å². The summed E-state index contributed by atoms with van der Waals surface area (Å²) in [6, 6.07) is 7.59. The van der Waals surface area contributed by atoms with Gasteiger partial charge in [0.15, 0.2) is 0 Å². The molecule has 0 spiro atoms. The molecule has 0 aliphatic heterocycles. The number of ether oxygens (including phenoxy) is 2. The topological polar surface area (TPSA) is 48.3 Å². The zero-order chi connectivity index (χ0) is 15.1. The molecular formula is C16H23N3O2. The number of nitrogens with zero attached hydrogens (tertiary/aromatic N) is 2. The van der Waals surface area contributed by atoms with Gasteiger partial charge in [-0.15, -0.1) is 0 Å². The predicted octanol–water partition coefficient (Wildman–Crippen LogP) is 2.39. The third-order valence-electron chi connectivity index (χ3n) is 3.26. The van der Waals surface area contributed by atoms with E-state index in [1.807, 2.05) is 35.9 Å². The van der Waals surface area contributed by atoms with E-state index in [0.29, 0.717) is 6.61 Å². The Bertz CT molecular complexity index is 549. The number of hydrogen-bond acceptors (Lipinski definition) is 4. The second kappa shape index (κ2) is 7.69. The second-order valence-corrected chi connectivity index (χ2v) is 4.81. The molecule has 2 aromatic rings. The van der Waals surface area contributed by atoms with E-state index in [0.717, 1.165) is 36.8 Å². The van der Waals surface area contributed by atoms with E-state index >= 15 is 0 Å². The van der Waals surface area contributed by atoms with Crippen LogP contribution in [0.5, 0.6) is 11.5 Å². The molecular weight excluding hydrogens is 266 g/mol. The molecule has 0 unspecified atom stereocenters. The lowest BCUT2D eigenvalue weighted by Gasteiger charge is -2.07. The number of methoxy groups -OCH3 is 1. The Balaban J connectivity index is 1.82. The van der Waals surface area contributed by atoms with Crippen LogP contribution in [-0.2, 0) is 13.1 Å². The number of hydrogen-bond donors (Lipinski definition) is 1. The highest BCUT2D eigenvalue weighted by Gasteiger charge is 2.04.